The summed E-state index contributed by atoms with van der Waals surface area (Å²) in [6.07, 6.45) is -4.19. The van der Waals surface area contributed by atoms with Crippen molar-refractivity contribution in [3.63, 3.8) is 0 Å². The molecule has 0 radical (unpaired) electrons. The number of nitrogens with zero attached hydrogens (tertiary/aromatic N) is 6. The predicted octanol–water partition coefficient (Wildman–Crippen LogP) is 5.30. The number of fused-ring (bicyclic) bond motifs is 1. The number of pyridine rings is 2. The first-order valence-electron chi connectivity index (χ1n) is 12.3. The SMILES string of the molecule is C=C(c1nccc(C)c1-n1c(=O)nc(N2CCN(C(=O)OC(C)(C)C)C[C@@H]2C)c2cc(F)c(Cl)nc21)C(F)(F)F. The summed E-state index contributed by atoms with van der Waals surface area (Å²) in [6, 6.07) is 2.05. The highest BCUT2D eigenvalue weighted by atomic mass is 35.5. The molecule has 0 aromatic carbocycles. The van der Waals surface area contributed by atoms with E-state index < -0.39 is 51.8 Å². The first-order chi connectivity index (χ1) is 18.5. The molecular weight excluding hydrogens is 556 g/mol. The summed E-state index contributed by atoms with van der Waals surface area (Å²) in [4.78, 5) is 41.4. The quantitative estimate of drug-likeness (QED) is 0.306. The van der Waals surface area contributed by atoms with E-state index in [4.69, 9.17) is 16.3 Å². The van der Waals surface area contributed by atoms with E-state index >= 15 is 0 Å². The van der Waals surface area contributed by atoms with Crippen LogP contribution in [0, 0.1) is 12.7 Å². The van der Waals surface area contributed by atoms with Gasteiger partial charge in [-0.2, -0.15) is 18.2 Å². The summed E-state index contributed by atoms with van der Waals surface area (Å²) in [5, 5.41) is -0.552. The Bertz CT molecular complexity index is 1570. The number of rotatable bonds is 3. The molecule has 1 aliphatic heterocycles. The zero-order valence-electron chi connectivity index (χ0n) is 22.4. The maximum atomic E-state index is 14.7. The number of anilines is 1. The van der Waals surface area contributed by atoms with Crippen molar-refractivity contribution in [1.29, 1.82) is 0 Å². The Labute approximate surface area is 232 Å². The van der Waals surface area contributed by atoms with Crippen molar-refractivity contribution in [1.82, 2.24) is 24.4 Å². The van der Waals surface area contributed by atoms with E-state index in [9.17, 15) is 27.2 Å². The number of hydrogen-bond acceptors (Lipinski definition) is 7. The van der Waals surface area contributed by atoms with Crippen LogP contribution in [-0.4, -0.2) is 68.0 Å². The predicted molar refractivity (Wildman–Crippen MR) is 142 cm³/mol. The Morgan fingerprint density at radius 3 is 2.48 bits per heavy atom. The Balaban J connectivity index is 1.88. The van der Waals surface area contributed by atoms with Crippen molar-refractivity contribution in [3.05, 3.63) is 57.6 Å². The van der Waals surface area contributed by atoms with Crippen LogP contribution in [0.25, 0.3) is 22.3 Å². The summed E-state index contributed by atoms with van der Waals surface area (Å²) in [5.41, 5.74) is -3.78. The summed E-state index contributed by atoms with van der Waals surface area (Å²) in [7, 11) is 0. The second kappa shape index (κ2) is 10.3. The third kappa shape index (κ3) is 5.60. The Morgan fingerprint density at radius 1 is 1.20 bits per heavy atom. The number of allylic oxidation sites excluding steroid dienone is 1. The van der Waals surface area contributed by atoms with Crippen molar-refractivity contribution < 1.29 is 27.1 Å². The molecule has 3 aromatic rings. The van der Waals surface area contributed by atoms with Gasteiger partial charge in [0.05, 0.1) is 22.3 Å². The van der Waals surface area contributed by atoms with Gasteiger partial charge in [-0.25, -0.2) is 23.5 Å². The highest BCUT2D eigenvalue weighted by molar-refractivity contribution is 6.30. The molecule has 14 heteroatoms. The molecule has 40 heavy (non-hydrogen) atoms. The molecule has 0 unspecified atom stereocenters. The van der Waals surface area contributed by atoms with E-state index in [1.54, 1.807) is 32.6 Å². The van der Waals surface area contributed by atoms with E-state index in [0.29, 0.717) is 0 Å². The molecule has 1 aliphatic rings. The molecule has 0 bridgehead atoms. The third-order valence-corrected chi connectivity index (χ3v) is 6.55. The van der Waals surface area contributed by atoms with Crippen LogP contribution in [0.2, 0.25) is 5.15 Å². The van der Waals surface area contributed by atoms with E-state index in [1.165, 1.54) is 17.9 Å². The summed E-state index contributed by atoms with van der Waals surface area (Å²) in [6.45, 7) is 12.3. The van der Waals surface area contributed by atoms with Gasteiger partial charge in [-0.15, -0.1) is 0 Å². The van der Waals surface area contributed by atoms with Crippen molar-refractivity contribution in [3.8, 4) is 5.69 Å². The molecule has 1 fully saturated rings. The minimum atomic E-state index is -4.84. The second-order valence-corrected chi connectivity index (χ2v) is 10.8. The van der Waals surface area contributed by atoms with Gasteiger partial charge in [-0.05, 0) is 52.3 Å². The third-order valence-electron chi connectivity index (χ3n) is 6.29. The van der Waals surface area contributed by atoms with Crippen LogP contribution in [0.3, 0.4) is 0 Å². The van der Waals surface area contributed by atoms with Crippen LogP contribution in [0.4, 0.5) is 28.2 Å². The maximum absolute atomic E-state index is 14.7. The number of alkyl halides is 3. The average Bonchev–Trinajstić information content (AvgIpc) is 2.83. The first-order valence-corrected chi connectivity index (χ1v) is 12.6. The molecule has 4 rings (SSSR count). The van der Waals surface area contributed by atoms with Gasteiger partial charge in [0.25, 0.3) is 0 Å². The first kappa shape index (κ1) is 29.2. The van der Waals surface area contributed by atoms with Crippen LogP contribution in [0.1, 0.15) is 39.0 Å². The van der Waals surface area contributed by atoms with Crippen LogP contribution in [0.5, 0.6) is 0 Å². The van der Waals surface area contributed by atoms with E-state index in [0.717, 1.165) is 16.8 Å². The molecular formula is C26H27ClF4N6O3. The van der Waals surface area contributed by atoms with Crippen LogP contribution in [0.15, 0.2) is 29.7 Å². The lowest BCUT2D eigenvalue weighted by Crippen LogP contribution is -2.55. The fourth-order valence-electron chi connectivity index (χ4n) is 4.46. The maximum Gasteiger partial charge on any atom is 0.417 e. The van der Waals surface area contributed by atoms with Gasteiger partial charge >= 0.3 is 18.0 Å². The van der Waals surface area contributed by atoms with Crippen molar-refractivity contribution in [2.24, 2.45) is 0 Å². The number of aromatic nitrogens is 4. The molecule has 1 amide bonds. The molecule has 0 spiro atoms. The fourth-order valence-corrected chi connectivity index (χ4v) is 4.59. The summed E-state index contributed by atoms with van der Waals surface area (Å²) < 4.78 is 62.0. The highest BCUT2D eigenvalue weighted by Gasteiger charge is 2.37. The van der Waals surface area contributed by atoms with Gasteiger partial charge in [0.1, 0.15) is 11.4 Å². The molecule has 1 saturated heterocycles. The lowest BCUT2D eigenvalue weighted by molar-refractivity contribution is -0.0689. The lowest BCUT2D eigenvalue weighted by Gasteiger charge is -2.41. The van der Waals surface area contributed by atoms with E-state index in [-0.39, 0.29) is 47.7 Å². The van der Waals surface area contributed by atoms with Crippen molar-refractivity contribution in [2.45, 2.75) is 52.4 Å². The van der Waals surface area contributed by atoms with Gasteiger partial charge in [-0.1, -0.05) is 18.2 Å². The number of halogens is 5. The van der Waals surface area contributed by atoms with Gasteiger partial charge in [0.2, 0.25) is 0 Å². The van der Waals surface area contributed by atoms with Crippen molar-refractivity contribution in [2.75, 3.05) is 24.5 Å². The summed E-state index contributed by atoms with van der Waals surface area (Å²) >= 11 is 5.98. The zero-order valence-corrected chi connectivity index (χ0v) is 23.2. The molecule has 214 valence electrons. The zero-order chi connectivity index (χ0) is 29.7. The number of ether oxygens (including phenoxy) is 1. The van der Waals surface area contributed by atoms with Gasteiger partial charge in [-0.3, -0.25) is 4.98 Å². The fraction of sp³-hybridized carbons (Fsp3) is 0.423. The van der Waals surface area contributed by atoms with Crippen LogP contribution < -0.4 is 10.6 Å². The second-order valence-electron chi connectivity index (χ2n) is 10.5. The minimum absolute atomic E-state index is 0.0332. The summed E-state index contributed by atoms with van der Waals surface area (Å²) in [5.74, 6) is -0.862. The molecule has 3 aromatic heterocycles. The Morgan fingerprint density at radius 2 is 1.88 bits per heavy atom. The standard InChI is InChI=1S/C26H27ClF4N6O3/c1-13-7-8-32-18(15(3)26(29,30)31)19(13)37-22-16(11-17(28)20(27)33-22)21(34-23(37)38)36-10-9-35(12-14(36)2)24(39)40-25(4,5)6/h7-8,11,14H,3,9-10,12H2,1-2,4-6H3/t14-/m0/s1. The number of amides is 1. The Kier molecular flexibility index (Phi) is 7.56. The topological polar surface area (TPSA) is 93.5 Å². The number of carbonyl (C=O) groups is 1. The molecule has 4 heterocycles. The normalized spacial score (nSPS) is 16.4. The molecule has 1 atom stereocenters. The number of hydrogen-bond donors (Lipinski definition) is 0. The molecule has 9 nitrogen and oxygen atoms in total. The van der Waals surface area contributed by atoms with Gasteiger partial charge in [0.15, 0.2) is 16.6 Å². The smallest absolute Gasteiger partial charge is 0.417 e. The Hall–Kier alpha value is -3.74. The lowest BCUT2D eigenvalue weighted by atomic mass is 10.1. The van der Waals surface area contributed by atoms with Gasteiger partial charge in [0, 0.05) is 31.9 Å². The monoisotopic (exact) mass is 582 g/mol. The molecule has 0 aliphatic carbocycles. The van der Waals surface area contributed by atoms with Gasteiger partial charge < -0.3 is 14.5 Å². The van der Waals surface area contributed by atoms with Crippen LogP contribution >= 0.6 is 11.6 Å². The van der Waals surface area contributed by atoms with Crippen LogP contribution in [-0.2, 0) is 4.74 Å². The average molecular weight is 583 g/mol. The number of piperazine rings is 1. The molecule has 0 saturated carbocycles. The number of aryl methyl sites for hydroxylation is 1. The van der Waals surface area contributed by atoms with Crippen molar-refractivity contribution >= 4 is 40.1 Å². The van der Waals surface area contributed by atoms with E-state index in [1.807, 2.05) is 0 Å². The largest absolute Gasteiger partial charge is 0.444 e. The highest BCUT2D eigenvalue weighted by Crippen LogP contribution is 2.36. The number of carbonyl (C=O) groups excluding carboxylic acids is 1. The minimum Gasteiger partial charge on any atom is -0.444 e. The van der Waals surface area contributed by atoms with E-state index in [2.05, 4.69) is 21.5 Å². The molecule has 0 N–H and O–H groups in total.